The number of alkyl halides is 3. The summed E-state index contributed by atoms with van der Waals surface area (Å²) in [5, 5.41) is 3.28. The lowest BCUT2D eigenvalue weighted by Gasteiger charge is -2.25. The van der Waals surface area contributed by atoms with Crippen molar-refractivity contribution >= 4 is 0 Å². The van der Waals surface area contributed by atoms with Crippen molar-refractivity contribution in [3.8, 4) is 0 Å². The van der Waals surface area contributed by atoms with Crippen LogP contribution in [0.3, 0.4) is 0 Å². The van der Waals surface area contributed by atoms with E-state index in [1.54, 1.807) is 0 Å². The Hall–Kier alpha value is -1.10. The molecule has 1 nitrogen and oxygen atoms in total. The van der Waals surface area contributed by atoms with Crippen LogP contribution >= 0.6 is 0 Å². The fourth-order valence-electron chi connectivity index (χ4n) is 3.02. The van der Waals surface area contributed by atoms with E-state index < -0.39 is 17.6 Å². The van der Waals surface area contributed by atoms with Crippen LogP contribution in [0.2, 0.25) is 0 Å². The van der Waals surface area contributed by atoms with Gasteiger partial charge >= 0.3 is 6.18 Å². The maximum atomic E-state index is 13.7. The molecule has 0 amide bonds. The predicted octanol–water partition coefficient (Wildman–Crippen LogP) is 4.69. The van der Waals surface area contributed by atoms with E-state index in [-0.39, 0.29) is 6.04 Å². The van der Waals surface area contributed by atoms with Crippen LogP contribution < -0.4 is 5.32 Å². The molecule has 0 heterocycles. The highest BCUT2D eigenvalue weighted by molar-refractivity contribution is 5.29. The lowest BCUT2D eigenvalue weighted by atomic mass is 9.91. The standard InChI is InChI=1S/C15H19F4N/c1-2-20-14(10-5-3-4-6-10)11-7-8-12(13(16)9-11)15(17,18)19/h7-10,14,20H,2-6H2,1H3. The molecule has 1 aliphatic carbocycles. The largest absolute Gasteiger partial charge is 0.419 e. The molecule has 1 aromatic rings. The molecular formula is C15H19F4N. The van der Waals surface area contributed by atoms with Gasteiger partial charge in [-0.05, 0) is 43.0 Å². The first-order valence-electron chi connectivity index (χ1n) is 7.03. The van der Waals surface area contributed by atoms with Gasteiger partial charge < -0.3 is 5.32 Å². The molecule has 0 aromatic heterocycles. The second-order valence-corrected chi connectivity index (χ2v) is 5.32. The van der Waals surface area contributed by atoms with Gasteiger partial charge in [-0.3, -0.25) is 0 Å². The lowest BCUT2D eigenvalue weighted by Crippen LogP contribution is -2.27. The quantitative estimate of drug-likeness (QED) is 0.793. The summed E-state index contributed by atoms with van der Waals surface area (Å²) in [6.07, 6.45) is -0.282. The Morgan fingerprint density at radius 3 is 2.40 bits per heavy atom. The number of hydrogen-bond acceptors (Lipinski definition) is 1. The van der Waals surface area contributed by atoms with Gasteiger partial charge in [0.2, 0.25) is 0 Å². The van der Waals surface area contributed by atoms with Gasteiger partial charge in [0, 0.05) is 6.04 Å². The maximum absolute atomic E-state index is 13.7. The summed E-state index contributed by atoms with van der Waals surface area (Å²) in [4.78, 5) is 0. The van der Waals surface area contributed by atoms with Gasteiger partial charge in [-0.25, -0.2) is 4.39 Å². The van der Waals surface area contributed by atoms with Crippen molar-refractivity contribution in [2.75, 3.05) is 6.54 Å². The number of benzene rings is 1. The van der Waals surface area contributed by atoms with Crippen LogP contribution in [-0.2, 0) is 6.18 Å². The highest BCUT2D eigenvalue weighted by atomic mass is 19.4. The molecule has 2 rings (SSSR count). The third-order valence-electron chi connectivity index (χ3n) is 3.95. The van der Waals surface area contributed by atoms with E-state index in [4.69, 9.17) is 0 Å². The summed E-state index contributed by atoms with van der Waals surface area (Å²) in [6.45, 7) is 2.66. The van der Waals surface area contributed by atoms with Crippen LogP contribution in [0.25, 0.3) is 0 Å². The summed E-state index contributed by atoms with van der Waals surface area (Å²) in [5.74, 6) is -0.804. The summed E-state index contributed by atoms with van der Waals surface area (Å²) >= 11 is 0. The van der Waals surface area contributed by atoms with Crippen LogP contribution in [0.15, 0.2) is 18.2 Å². The van der Waals surface area contributed by atoms with Crippen molar-refractivity contribution in [1.82, 2.24) is 5.32 Å². The minimum atomic E-state index is -4.64. The van der Waals surface area contributed by atoms with Gasteiger partial charge in [0.1, 0.15) is 5.82 Å². The molecular weight excluding hydrogens is 270 g/mol. The third-order valence-corrected chi connectivity index (χ3v) is 3.95. The summed E-state index contributed by atoms with van der Waals surface area (Å²) in [5.41, 5.74) is -0.577. The lowest BCUT2D eigenvalue weighted by molar-refractivity contribution is -0.140. The summed E-state index contributed by atoms with van der Waals surface area (Å²) in [7, 11) is 0. The van der Waals surface area contributed by atoms with Gasteiger partial charge in [-0.15, -0.1) is 0 Å². The Balaban J connectivity index is 2.27. The van der Waals surface area contributed by atoms with Gasteiger partial charge in [0.15, 0.2) is 0 Å². The van der Waals surface area contributed by atoms with Gasteiger partial charge in [0.05, 0.1) is 5.56 Å². The van der Waals surface area contributed by atoms with Gasteiger partial charge in [-0.1, -0.05) is 25.8 Å². The van der Waals surface area contributed by atoms with E-state index in [9.17, 15) is 17.6 Å². The molecule has 1 atom stereocenters. The zero-order chi connectivity index (χ0) is 14.8. The molecule has 1 fully saturated rings. The molecule has 5 heteroatoms. The Labute approximate surface area is 116 Å². The SMILES string of the molecule is CCNC(c1ccc(C(F)(F)F)c(F)c1)C1CCCC1. The molecule has 0 aliphatic heterocycles. The normalized spacial score (nSPS) is 18.4. The molecule has 20 heavy (non-hydrogen) atoms. The smallest absolute Gasteiger partial charge is 0.310 e. The predicted molar refractivity (Wildman–Crippen MR) is 69.8 cm³/mol. The Morgan fingerprint density at radius 2 is 1.90 bits per heavy atom. The number of nitrogens with one attached hydrogen (secondary N) is 1. The van der Waals surface area contributed by atoms with Crippen molar-refractivity contribution in [1.29, 1.82) is 0 Å². The second kappa shape index (κ2) is 6.12. The second-order valence-electron chi connectivity index (χ2n) is 5.32. The monoisotopic (exact) mass is 289 g/mol. The highest BCUT2D eigenvalue weighted by Gasteiger charge is 2.35. The zero-order valence-electron chi connectivity index (χ0n) is 11.4. The average molecular weight is 289 g/mol. The summed E-state index contributed by atoms with van der Waals surface area (Å²) in [6, 6.07) is 3.23. The zero-order valence-corrected chi connectivity index (χ0v) is 11.4. The number of rotatable bonds is 4. The first-order valence-corrected chi connectivity index (χ1v) is 7.03. The minimum absolute atomic E-state index is 0.0562. The average Bonchev–Trinajstić information content (AvgIpc) is 2.87. The van der Waals surface area contributed by atoms with Crippen LogP contribution in [0, 0.1) is 11.7 Å². The van der Waals surface area contributed by atoms with Gasteiger partial charge in [-0.2, -0.15) is 13.2 Å². The fraction of sp³-hybridized carbons (Fsp3) is 0.600. The van der Waals surface area contributed by atoms with E-state index >= 15 is 0 Å². The molecule has 0 spiro atoms. The van der Waals surface area contributed by atoms with Crippen LogP contribution in [0.5, 0.6) is 0 Å². The minimum Gasteiger partial charge on any atom is -0.310 e. The summed E-state index contributed by atoms with van der Waals surface area (Å²) < 4.78 is 51.4. The number of halogens is 4. The van der Waals surface area contributed by atoms with E-state index in [1.807, 2.05) is 6.92 Å². The van der Waals surface area contributed by atoms with Crippen LogP contribution in [0.1, 0.15) is 49.8 Å². The van der Waals surface area contributed by atoms with Crippen molar-refractivity contribution < 1.29 is 17.6 Å². The van der Waals surface area contributed by atoms with Crippen molar-refractivity contribution in [3.05, 3.63) is 35.1 Å². The van der Waals surface area contributed by atoms with E-state index in [1.165, 1.54) is 6.07 Å². The maximum Gasteiger partial charge on any atom is 0.419 e. The number of hydrogen-bond donors (Lipinski definition) is 1. The topological polar surface area (TPSA) is 12.0 Å². The highest BCUT2D eigenvalue weighted by Crippen LogP contribution is 2.38. The van der Waals surface area contributed by atoms with Crippen molar-refractivity contribution in [2.45, 2.75) is 44.8 Å². The molecule has 1 saturated carbocycles. The first kappa shape index (κ1) is 15.3. The van der Waals surface area contributed by atoms with E-state index in [0.717, 1.165) is 37.8 Å². The molecule has 1 aromatic carbocycles. The Bertz CT molecular complexity index is 450. The molecule has 1 N–H and O–H groups in total. The van der Waals surface area contributed by atoms with Crippen LogP contribution in [-0.4, -0.2) is 6.54 Å². The molecule has 0 saturated heterocycles. The molecule has 112 valence electrons. The van der Waals surface area contributed by atoms with E-state index in [0.29, 0.717) is 18.0 Å². The van der Waals surface area contributed by atoms with Crippen molar-refractivity contribution in [2.24, 2.45) is 5.92 Å². The fourth-order valence-corrected chi connectivity index (χ4v) is 3.02. The molecule has 0 bridgehead atoms. The molecule has 0 radical (unpaired) electrons. The first-order chi connectivity index (χ1) is 9.43. The molecule has 1 unspecified atom stereocenters. The van der Waals surface area contributed by atoms with E-state index in [2.05, 4.69) is 5.32 Å². The third kappa shape index (κ3) is 3.32. The van der Waals surface area contributed by atoms with Gasteiger partial charge in [0.25, 0.3) is 0 Å². The van der Waals surface area contributed by atoms with Crippen molar-refractivity contribution in [3.63, 3.8) is 0 Å². The Morgan fingerprint density at radius 1 is 1.25 bits per heavy atom. The Kier molecular flexibility index (Phi) is 4.68. The van der Waals surface area contributed by atoms with Crippen LogP contribution in [0.4, 0.5) is 17.6 Å². The molecule has 1 aliphatic rings.